The summed E-state index contributed by atoms with van der Waals surface area (Å²) in [6, 6.07) is 12.7. The first-order valence-electron chi connectivity index (χ1n) is 11.3. The summed E-state index contributed by atoms with van der Waals surface area (Å²) >= 11 is 6.07. The maximum absolute atomic E-state index is 13.3. The molecule has 2 aliphatic rings. The minimum atomic E-state index is -0.501. The molecule has 8 nitrogen and oxygen atoms in total. The average Bonchev–Trinajstić information content (AvgIpc) is 3.33. The number of hydrogen-bond acceptors (Lipinski definition) is 5. The summed E-state index contributed by atoms with van der Waals surface area (Å²) in [5.74, 6) is 0.0185. The zero-order valence-corrected chi connectivity index (χ0v) is 19.0. The molecule has 4 rings (SSSR count). The molecule has 0 aromatic heterocycles. The van der Waals surface area contributed by atoms with Gasteiger partial charge in [0.25, 0.3) is 11.6 Å². The summed E-state index contributed by atoms with van der Waals surface area (Å²) < 4.78 is 0. The maximum Gasteiger partial charge on any atom is 0.270 e. The van der Waals surface area contributed by atoms with Gasteiger partial charge in [-0.05, 0) is 43.0 Å². The Hall–Kier alpha value is -2.97. The summed E-state index contributed by atoms with van der Waals surface area (Å²) in [5.41, 5.74) is 0.886. The minimum absolute atomic E-state index is 0.0392. The summed E-state index contributed by atoms with van der Waals surface area (Å²) in [6.45, 7) is 2.08. The summed E-state index contributed by atoms with van der Waals surface area (Å²) in [7, 11) is 0. The van der Waals surface area contributed by atoms with E-state index in [0.717, 1.165) is 25.7 Å². The Bertz CT molecular complexity index is 1030. The fraction of sp³-hybridized carbons (Fsp3) is 0.417. The van der Waals surface area contributed by atoms with Crippen molar-refractivity contribution >= 4 is 34.8 Å². The molecule has 1 aliphatic heterocycles. The molecule has 9 heteroatoms. The maximum atomic E-state index is 13.3. The lowest BCUT2D eigenvalue weighted by Crippen LogP contribution is -2.56. The molecule has 1 aliphatic carbocycles. The van der Waals surface area contributed by atoms with Crippen LogP contribution in [0.1, 0.15) is 36.0 Å². The van der Waals surface area contributed by atoms with E-state index in [1.807, 2.05) is 6.07 Å². The highest BCUT2D eigenvalue weighted by Crippen LogP contribution is 2.32. The van der Waals surface area contributed by atoms with Crippen molar-refractivity contribution in [3.63, 3.8) is 0 Å². The number of piperazine rings is 1. The molecule has 33 heavy (non-hydrogen) atoms. The molecular formula is C24H27ClN4O4. The van der Waals surface area contributed by atoms with E-state index < -0.39 is 4.92 Å². The van der Waals surface area contributed by atoms with Gasteiger partial charge in [-0.2, -0.15) is 0 Å². The van der Waals surface area contributed by atoms with E-state index in [2.05, 4.69) is 10.2 Å². The predicted molar refractivity (Wildman–Crippen MR) is 126 cm³/mol. The number of nitrogens with one attached hydrogen (secondary N) is 1. The summed E-state index contributed by atoms with van der Waals surface area (Å²) in [6.07, 6.45) is 4.27. The zero-order chi connectivity index (χ0) is 23.4. The van der Waals surface area contributed by atoms with E-state index >= 15 is 0 Å². The average molecular weight is 471 g/mol. The van der Waals surface area contributed by atoms with Crippen LogP contribution in [-0.2, 0) is 4.79 Å². The standard InChI is InChI=1S/C24H27ClN4O4/c25-19-8-4-9-20(16-19)26-23(30)22(17-5-1-2-6-17)27-11-13-28(14-12-27)24(31)18-7-3-10-21(15-18)29(32)33/h3-4,7-10,15-17,22H,1-2,5-6,11-14H2,(H,26,30)/t22-/m1/s1. The lowest BCUT2D eigenvalue weighted by Gasteiger charge is -2.40. The minimum Gasteiger partial charge on any atom is -0.336 e. The van der Waals surface area contributed by atoms with Crippen LogP contribution < -0.4 is 5.32 Å². The highest BCUT2D eigenvalue weighted by atomic mass is 35.5. The van der Waals surface area contributed by atoms with Gasteiger partial charge >= 0.3 is 0 Å². The van der Waals surface area contributed by atoms with Gasteiger partial charge in [-0.1, -0.05) is 36.6 Å². The molecule has 0 spiro atoms. The Labute approximate surface area is 197 Å². The first-order chi connectivity index (χ1) is 15.9. The molecule has 0 radical (unpaired) electrons. The van der Waals surface area contributed by atoms with Gasteiger partial charge in [0.05, 0.1) is 11.0 Å². The van der Waals surface area contributed by atoms with Gasteiger partial charge in [0.2, 0.25) is 5.91 Å². The number of rotatable bonds is 6. The van der Waals surface area contributed by atoms with Gasteiger partial charge in [0, 0.05) is 54.6 Å². The van der Waals surface area contributed by atoms with Gasteiger partial charge < -0.3 is 10.2 Å². The number of hydrogen-bond donors (Lipinski definition) is 1. The molecule has 2 fully saturated rings. The Kier molecular flexibility index (Phi) is 7.25. The first kappa shape index (κ1) is 23.2. The van der Waals surface area contributed by atoms with Crippen LogP contribution in [0.2, 0.25) is 5.02 Å². The number of nitrogens with zero attached hydrogens (tertiary/aromatic N) is 3. The van der Waals surface area contributed by atoms with Crippen LogP contribution in [0.4, 0.5) is 11.4 Å². The van der Waals surface area contributed by atoms with E-state index in [-0.39, 0.29) is 29.5 Å². The smallest absolute Gasteiger partial charge is 0.270 e. The van der Waals surface area contributed by atoms with Crippen molar-refractivity contribution < 1.29 is 14.5 Å². The highest BCUT2D eigenvalue weighted by molar-refractivity contribution is 6.30. The number of nitro benzene ring substituents is 1. The van der Waals surface area contributed by atoms with Crippen LogP contribution in [0.15, 0.2) is 48.5 Å². The van der Waals surface area contributed by atoms with Gasteiger partial charge in [0.1, 0.15) is 0 Å². The lowest BCUT2D eigenvalue weighted by molar-refractivity contribution is -0.384. The van der Waals surface area contributed by atoms with Crippen molar-refractivity contribution in [3.05, 3.63) is 69.2 Å². The molecule has 1 saturated carbocycles. The van der Waals surface area contributed by atoms with Crippen molar-refractivity contribution in [2.24, 2.45) is 5.92 Å². The van der Waals surface area contributed by atoms with E-state index in [4.69, 9.17) is 11.6 Å². The first-order valence-corrected chi connectivity index (χ1v) is 11.6. The molecule has 1 N–H and O–H groups in total. The number of non-ortho nitro benzene ring substituents is 1. The largest absolute Gasteiger partial charge is 0.336 e. The van der Waals surface area contributed by atoms with Gasteiger partial charge in [-0.3, -0.25) is 24.6 Å². The van der Waals surface area contributed by atoms with Gasteiger partial charge in [0.15, 0.2) is 0 Å². The number of nitro groups is 1. The number of carbonyl (C=O) groups excluding carboxylic acids is 2. The molecule has 2 aromatic carbocycles. The molecule has 174 valence electrons. The van der Waals surface area contributed by atoms with Gasteiger partial charge in [-0.25, -0.2) is 0 Å². The number of benzene rings is 2. The molecule has 1 atom stereocenters. The number of amides is 2. The molecule has 2 aromatic rings. The van der Waals surface area contributed by atoms with E-state index in [9.17, 15) is 19.7 Å². The van der Waals surface area contributed by atoms with Crippen molar-refractivity contribution in [2.45, 2.75) is 31.7 Å². The number of anilines is 1. The fourth-order valence-electron chi connectivity index (χ4n) is 4.87. The second-order valence-electron chi connectivity index (χ2n) is 8.62. The lowest BCUT2D eigenvalue weighted by atomic mass is 9.94. The van der Waals surface area contributed by atoms with Crippen LogP contribution in [0, 0.1) is 16.0 Å². The van der Waals surface area contributed by atoms with Crippen LogP contribution in [-0.4, -0.2) is 58.8 Å². The Morgan fingerprint density at radius 2 is 1.73 bits per heavy atom. The van der Waals surface area contributed by atoms with Crippen LogP contribution >= 0.6 is 11.6 Å². The number of halogens is 1. The van der Waals surface area contributed by atoms with Crippen LogP contribution in [0.5, 0.6) is 0 Å². The monoisotopic (exact) mass is 470 g/mol. The fourth-order valence-corrected chi connectivity index (χ4v) is 5.06. The Balaban J connectivity index is 1.43. The Morgan fingerprint density at radius 1 is 1.03 bits per heavy atom. The molecular weight excluding hydrogens is 444 g/mol. The second-order valence-corrected chi connectivity index (χ2v) is 9.06. The number of carbonyl (C=O) groups is 2. The molecule has 1 heterocycles. The third-order valence-electron chi connectivity index (χ3n) is 6.51. The van der Waals surface area contributed by atoms with E-state index in [1.165, 1.54) is 18.2 Å². The molecule has 2 amide bonds. The summed E-state index contributed by atoms with van der Waals surface area (Å²) in [4.78, 5) is 40.6. The second kappa shape index (κ2) is 10.3. The highest BCUT2D eigenvalue weighted by Gasteiger charge is 2.37. The molecule has 1 saturated heterocycles. The Morgan fingerprint density at radius 3 is 2.39 bits per heavy atom. The SMILES string of the molecule is O=C(Nc1cccc(Cl)c1)[C@@H](C1CCCC1)N1CCN(C(=O)c2cccc([N+](=O)[O-])c2)CC1. The third-order valence-corrected chi connectivity index (χ3v) is 6.74. The normalized spacial score (nSPS) is 18.2. The quantitative estimate of drug-likeness (QED) is 0.504. The topological polar surface area (TPSA) is 95.8 Å². The zero-order valence-electron chi connectivity index (χ0n) is 18.3. The molecule has 0 bridgehead atoms. The van der Waals surface area contributed by atoms with Crippen molar-refractivity contribution in [2.75, 3.05) is 31.5 Å². The predicted octanol–water partition coefficient (Wildman–Crippen LogP) is 4.20. The van der Waals surface area contributed by atoms with Crippen molar-refractivity contribution in [1.29, 1.82) is 0 Å². The van der Waals surface area contributed by atoms with Gasteiger partial charge in [-0.15, -0.1) is 0 Å². The van der Waals surface area contributed by atoms with E-state index in [0.29, 0.717) is 42.5 Å². The third kappa shape index (κ3) is 5.51. The molecule has 0 unspecified atom stereocenters. The van der Waals surface area contributed by atoms with Crippen LogP contribution in [0.3, 0.4) is 0 Å². The van der Waals surface area contributed by atoms with Crippen LogP contribution in [0.25, 0.3) is 0 Å². The van der Waals surface area contributed by atoms with E-state index in [1.54, 1.807) is 29.2 Å². The van der Waals surface area contributed by atoms with Crippen molar-refractivity contribution in [1.82, 2.24) is 9.80 Å². The summed E-state index contributed by atoms with van der Waals surface area (Å²) in [5, 5.41) is 14.6. The van der Waals surface area contributed by atoms with Crippen molar-refractivity contribution in [3.8, 4) is 0 Å².